The Morgan fingerprint density at radius 2 is 2.00 bits per heavy atom. The molecular weight excluding hydrogens is 222 g/mol. The second kappa shape index (κ2) is 5.04. The molecule has 0 aromatic carbocycles. The van der Waals surface area contributed by atoms with Gasteiger partial charge in [0.15, 0.2) is 6.04 Å². The average Bonchev–Trinajstić information content (AvgIpc) is 2.33. The summed E-state index contributed by atoms with van der Waals surface area (Å²) in [6.45, 7) is 0.0153. The molecule has 1 aliphatic heterocycles. The standard InChI is InChI=1S/C12H19NO4/c1-13-9(14)7-17-11(10(13)12(15)16)8-5-3-2-4-6-8/h8,10-11H,2-7H2,1H3,(H,15,16). The van der Waals surface area contributed by atoms with Crippen LogP contribution in [0.5, 0.6) is 0 Å². The Kier molecular flexibility index (Phi) is 3.66. The van der Waals surface area contributed by atoms with Crippen molar-refractivity contribution in [1.82, 2.24) is 4.90 Å². The lowest BCUT2D eigenvalue weighted by Gasteiger charge is -2.41. The quantitative estimate of drug-likeness (QED) is 0.779. The molecule has 1 aliphatic carbocycles. The highest BCUT2D eigenvalue weighted by atomic mass is 16.5. The SMILES string of the molecule is CN1C(=O)COC(C2CCCCC2)C1C(=O)O. The van der Waals surface area contributed by atoms with E-state index in [-0.39, 0.29) is 24.5 Å². The minimum Gasteiger partial charge on any atom is -0.480 e. The van der Waals surface area contributed by atoms with E-state index in [4.69, 9.17) is 4.74 Å². The Balaban J connectivity index is 2.13. The molecule has 96 valence electrons. The van der Waals surface area contributed by atoms with Crippen molar-refractivity contribution in [3.05, 3.63) is 0 Å². The van der Waals surface area contributed by atoms with Gasteiger partial charge in [-0.15, -0.1) is 0 Å². The van der Waals surface area contributed by atoms with Crippen LogP contribution < -0.4 is 0 Å². The van der Waals surface area contributed by atoms with E-state index in [0.29, 0.717) is 0 Å². The van der Waals surface area contributed by atoms with Gasteiger partial charge in [0.05, 0.1) is 6.10 Å². The summed E-state index contributed by atoms with van der Waals surface area (Å²) >= 11 is 0. The average molecular weight is 241 g/mol. The van der Waals surface area contributed by atoms with Gasteiger partial charge in [-0.05, 0) is 18.8 Å². The number of morpholine rings is 1. The van der Waals surface area contributed by atoms with Crippen molar-refractivity contribution in [2.45, 2.75) is 44.2 Å². The summed E-state index contributed by atoms with van der Waals surface area (Å²) in [7, 11) is 1.56. The minimum atomic E-state index is -0.962. The largest absolute Gasteiger partial charge is 0.480 e. The Morgan fingerprint density at radius 3 is 2.59 bits per heavy atom. The zero-order valence-electron chi connectivity index (χ0n) is 10.1. The second-order valence-corrected chi connectivity index (χ2v) is 4.96. The number of amides is 1. The zero-order chi connectivity index (χ0) is 12.4. The monoisotopic (exact) mass is 241 g/mol. The Labute approximate surface area is 101 Å². The van der Waals surface area contributed by atoms with Crippen molar-refractivity contribution < 1.29 is 19.4 Å². The first-order valence-corrected chi connectivity index (χ1v) is 6.21. The first-order valence-electron chi connectivity index (χ1n) is 6.21. The number of aliphatic carboxylic acids is 1. The number of carbonyl (C=O) groups excluding carboxylic acids is 1. The number of ether oxygens (including phenoxy) is 1. The molecule has 1 saturated heterocycles. The van der Waals surface area contributed by atoms with Crippen LogP contribution in [0.15, 0.2) is 0 Å². The molecule has 1 heterocycles. The van der Waals surface area contributed by atoms with E-state index in [1.54, 1.807) is 7.05 Å². The first-order chi connectivity index (χ1) is 8.11. The molecule has 1 saturated carbocycles. The van der Waals surface area contributed by atoms with E-state index >= 15 is 0 Å². The van der Waals surface area contributed by atoms with Crippen LogP contribution in [0.1, 0.15) is 32.1 Å². The summed E-state index contributed by atoms with van der Waals surface area (Å²) in [6, 6.07) is -0.820. The molecule has 0 aromatic heterocycles. The number of hydrogen-bond acceptors (Lipinski definition) is 3. The molecule has 2 aliphatic rings. The maximum absolute atomic E-state index is 11.5. The fourth-order valence-corrected chi connectivity index (χ4v) is 2.90. The van der Waals surface area contributed by atoms with Gasteiger partial charge in [-0.2, -0.15) is 0 Å². The van der Waals surface area contributed by atoms with Crippen LogP contribution >= 0.6 is 0 Å². The smallest absolute Gasteiger partial charge is 0.329 e. The lowest BCUT2D eigenvalue weighted by molar-refractivity contribution is -0.174. The summed E-state index contributed by atoms with van der Waals surface area (Å²) < 4.78 is 5.50. The van der Waals surface area contributed by atoms with Gasteiger partial charge in [0, 0.05) is 7.05 Å². The van der Waals surface area contributed by atoms with Gasteiger partial charge in [0.1, 0.15) is 6.61 Å². The van der Waals surface area contributed by atoms with Crippen molar-refractivity contribution in [3.8, 4) is 0 Å². The van der Waals surface area contributed by atoms with E-state index in [2.05, 4.69) is 0 Å². The minimum absolute atomic E-state index is 0.0153. The Morgan fingerprint density at radius 1 is 1.35 bits per heavy atom. The fraction of sp³-hybridized carbons (Fsp3) is 0.833. The maximum Gasteiger partial charge on any atom is 0.329 e. The normalized spacial score (nSPS) is 31.6. The molecule has 2 unspecified atom stereocenters. The van der Waals surface area contributed by atoms with Crippen LogP contribution in [0.3, 0.4) is 0 Å². The third-order valence-electron chi connectivity index (χ3n) is 3.89. The number of carbonyl (C=O) groups is 2. The lowest BCUT2D eigenvalue weighted by Crippen LogP contribution is -2.58. The van der Waals surface area contributed by atoms with E-state index < -0.39 is 12.0 Å². The van der Waals surface area contributed by atoms with Crippen LogP contribution in [-0.2, 0) is 14.3 Å². The van der Waals surface area contributed by atoms with Crippen molar-refractivity contribution in [2.75, 3.05) is 13.7 Å². The van der Waals surface area contributed by atoms with Gasteiger partial charge in [0.2, 0.25) is 5.91 Å². The van der Waals surface area contributed by atoms with Crippen LogP contribution in [0.25, 0.3) is 0 Å². The fourth-order valence-electron chi connectivity index (χ4n) is 2.90. The van der Waals surface area contributed by atoms with E-state index in [9.17, 15) is 14.7 Å². The highest BCUT2D eigenvalue weighted by Crippen LogP contribution is 2.32. The van der Waals surface area contributed by atoms with Gasteiger partial charge >= 0.3 is 5.97 Å². The van der Waals surface area contributed by atoms with Gasteiger partial charge in [-0.1, -0.05) is 19.3 Å². The van der Waals surface area contributed by atoms with Gasteiger partial charge in [-0.3, -0.25) is 4.79 Å². The predicted octanol–water partition coefficient (Wildman–Crippen LogP) is 0.877. The Hall–Kier alpha value is -1.10. The van der Waals surface area contributed by atoms with Crippen LogP contribution in [-0.4, -0.2) is 47.7 Å². The van der Waals surface area contributed by atoms with Crippen LogP contribution in [0.2, 0.25) is 0 Å². The van der Waals surface area contributed by atoms with Crippen molar-refractivity contribution in [2.24, 2.45) is 5.92 Å². The molecule has 1 amide bonds. The van der Waals surface area contributed by atoms with Gasteiger partial charge in [-0.25, -0.2) is 4.79 Å². The third-order valence-corrected chi connectivity index (χ3v) is 3.89. The summed E-state index contributed by atoms with van der Waals surface area (Å²) in [5.74, 6) is -0.930. The topological polar surface area (TPSA) is 66.8 Å². The highest BCUT2D eigenvalue weighted by Gasteiger charge is 2.43. The molecule has 0 spiro atoms. The van der Waals surface area contributed by atoms with Crippen molar-refractivity contribution in [3.63, 3.8) is 0 Å². The summed E-state index contributed by atoms with van der Waals surface area (Å²) in [6.07, 6.45) is 5.17. The molecule has 0 radical (unpaired) electrons. The van der Waals surface area contributed by atoms with Crippen LogP contribution in [0, 0.1) is 5.92 Å². The molecule has 0 bridgehead atoms. The molecule has 2 atom stereocenters. The Bertz CT molecular complexity index is 312. The molecule has 2 rings (SSSR count). The third kappa shape index (κ3) is 2.44. The highest BCUT2D eigenvalue weighted by molar-refractivity contribution is 5.85. The lowest BCUT2D eigenvalue weighted by atomic mass is 9.81. The van der Waals surface area contributed by atoms with Crippen LogP contribution in [0.4, 0.5) is 0 Å². The molecule has 0 aromatic rings. The molecule has 17 heavy (non-hydrogen) atoms. The summed E-state index contributed by atoms with van der Waals surface area (Å²) in [5, 5.41) is 9.25. The molecule has 5 heteroatoms. The molecule has 5 nitrogen and oxygen atoms in total. The van der Waals surface area contributed by atoms with Crippen molar-refractivity contribution in [1.29, 1.82) is 0 Å². The number of carboxylic acid groups (broad SMARTS) is 1. The summed E-state index contributed by atoms with van der Waals surface area (Å²) in [5.41, 5.74) is 0. The summed E-state index contributed by atoms with van der Waals surface area (Å²) in [4.78, 5) is 24.1. The number of likely N-dealkylation sites (N-methyl/N-ethyl adjacent to an activating group) is 1. The van der Waals surface area contributed by atoms with E-state index in [0.717, 1.165) is 25.7 Å². The number of hydrogen-bond donors (Lipinski definition) is 1. The molecular formula is C12H19NO4. The number of rotatable bonds is 2. The second-order valence-electron chi connectivity index (χ2n) is 4.96. The number of carboxylic acids is 1. The first kappa shape index (κ1) is 12.4. The number of nitrogens with zero attached hydrogens (tertiary/aromatic N) is 1. The molecule has 1 N–H and O–H groups in total. The van der Waals surface area contributed by atoms with Gasteiger partial charge < -0.3 is 14.7 Å². The van der Waals surface area contributed by atoms with E-state index in [1.807, 2.05) is 0 Å². The van der Waals surface area contributed by atoms with E-state index in [1.165, 1.54) is 11.3 Å². The molecule has 2 fully saturated rings. The maximum atomic E-state index is 11.5. The van der Waals surface area contributed by atoms with Gasteiger partial charge in [0.25, 0.3) is 0 Å². The zero-order valence-corrected chi connectivity index (χ0v) is 10.1. The predicted molar refractivity (Wildman–Crippen MR) is 60.5 cm³/mol. The van der Waals surface area contributed by atoms with Crippen molar-refractivity contribution >= 4 is 11.9 Å².